The zero-order valence-electron chi connectivity index (χ0n) is 13.7. The minimum absolute atomic E-state index is 0.285. The average Bonchev–Trinajstić information content (AvgIpc) is 3.14. The van der Waals surface area contributed by atoms with E-state index in [-0.39, 0.29) is 5.91 Å². The maximum absolute atomic E-state index is 12.7. The van der Waals surface area contributed by atoms with Crippen LogP contribution in [0.2, 0.25) is 0 Å². The molecular weight excluding hydrogens is 343 g/mol. The van der Waals surface area contributed by atoms with Crippen LogP contribution in [0.1, 0.15) is 21.7 Å². The first-order valence-electron chi connectivity index (χ1n) is 8.02. The smallest absolute Gasteiger partial charge is 0.416 e. The molecule has 134 valence electrons. The number of hydrogen-bond donors (Lipinski definition) is 1. The van der Waals surface area contributed by atoms with Gasteiger partial charge in [-0.1, -0.05) is 30.3 Å². The highest BCUT2D eigenvalue weighted by Crippen LogP contribution is 2.31. The number of benzene rings is 2. The lowest BCUT2D eigenvalue weighted by molar-refractivity contribution is -0.137. The van der Waals surface area contributed by atoms with Crippen LogP contribution < -0.4 is 5.32 Å². The molecule has 0 radical (unpaired) electrons. The van der Waals surface area contributed by atoms with Gasteiger partial charge in [-0.3, -0.25) is 4.79 Å². The lowest BCUT2D eigenvalue weighted by Gasteiger charge is -2.12. The van der Waals surface area contributed by atoms with Crippen LogP contribution in [0.15, 0.2) is 71.3 Å². The van der Waals surface area contributed by atoms with Crippen LogP contribution in [0.5, 0.6) is 0 Å². The van der Waals surface area contributed by atoms with E-state index in [1.54, 1.807) is 36.6 Å². The van der Waals surface area contributed by atoms with Gasteiger partial charge in [-0.05, 0) is 41.5 Å². The van der Waals surface area contributed by atoms with E-state index in [2.05, 4.69) is 5.32 Å². The topological polar surface area (TPSA) is 42.2 Å². The molecule has 0 saturated heterocycles. The van der Waals surface area contributed by atoms with Crippen LogP contribution in [0.25, 0.3) is 11.1 Å². The Morgan fingerprint density at radius 1 is 0.962 bits per heavy atom. The number of nitrogens with one attached hydrogen (secondary N) is 1. The molecule has 1 heterocycles. The molecule has 3 rings (SSSR count). The number of rotatable bonds is 5. The summed E-state index contributed by atoms with van der Waals surface area (Å²) in [6.07, 6.45) is -2.26. The van der Waals surface area contributed by atoms with Crippen LogP contribution in [0.4, 0.5) is 13.2 Å². The van der Waals surface area contributed by atoms with E-state index in [1.165, 1.54) is 12.1 Å². The third-order valence-corrected chi connectivity index (χ3v) is 3.93. The summed E-state index contributed by atoms with van der Waals surface area (Å²) < 4.78 is 43.4. The molecule has 0 unspecified atom stereocenters. The van der Waals surface area contributed by atoms with Crippen LogP contribution >= 0.6 is 0 Å². The molecule has 3 nitrogen and oxygen atoms in total. The van der Waals surface area contributed by atoms with E-state index in [0.717, 1.165) is 17.9 Å². The second-order valence-corrected chi connectivity index (χ2v) is 5.71. The van der Waals surface area contributed by atoms with Crippen molar-refractivity contribution in [1.82, 2.24) is 5.32 Å². The van der Waals surface area contributed by atoms with Crippen molar-refractivity contribution in [3.63, 3.8) is 0 Å². The monoisotopic (exact) mass is 359 g/mol. The summed E-state index contributed by atoms with van der Waals surface area (Å²) in [7, 11) is 0. The molecule has 0 saturated carbocycles. The maximum atomic E-state index is 12.7. The van der Waals surface area contributed by atoms with Crippen LogP contribution in [-0.4, -0.2) is 12.5 Å². The number of furan rings is 1. The first-order chi connectivity index (χ1) is 12.4. The summed E-state index contributed by atoms with van der Waals surface area (Å²) in [5.74, 6) is 0.480. The van der Waals surface area contributed by atoms with Crippen LogP contribution in [0, 0.1) is 0 Å². The lowest BCUT2D eigenvalue weighted by atomic mass is 9.98. The van der Waals surface area contributed by atoms with Crippen molar-refractivity contribution in [1.29, 1.82) is 0 Å². The Balaban J connectivity index is 1.76. The standard InChI is InChI=1S/C20H16F3NO2/c21-20(22,23)15-9-7-14(8-10-15)17-5-1-2-6-18(17)19(25)24-12-11-16-4-3-13-26-16/h1-10,13H,11-12H2,(H,24,25). The van der Waals surface area contributed by atoms with Gasteiger partial charge < -0.3 is 9.73 Å². The van der Waals surface area contributed by atoms with E-state index >= 15 is 0 Å². The Hall–Kier alpha value is -3.02. The molecule has 1 aromatic heterocycles. The molecule has 1 amide bonds. The van der Waals surface area contributed by atoms with Crippen molar-refractivity contribution in [2.75, 3.05) is 6.54 Å². The van der Waals surface area contributed by atoms with Gasteiger partial charge in [-0.15, -0.1) is 0 Å². The van der Waals surface area contributed by atoms with Gasteiger partial charge in [0.25, 0.3) is 5.91 Å². The predicted octanol–water partition coefficient (Wildman–Crippen LogP) is 4.94. The van der Waals surface area contributed by atoms with Gasteiger partial charge in [-0.2, -0.15) is 13.2 Å². The molecule has 0 spiro atoms. The Bertz CT molecular complexity index is 869. The molecule has 0 aliphatic heterocycles. The number of carbonyl (C=O) groups is 1. The van der Waals surface area contributed by atoms with Crippen molar-refractivity contribution >= 4 is 5.91 Å². The first-order valence-corrected chi connectivity index (χ1v) is 8.02. The third-order valence-electron chi connectivity index (χ3n) is 3.93. The second kappa shape index (κ2) is 7.47. The molecule has 6 heteroatoms. The van der Waals surface area contributed by atoms with Crippen molar-refractivity contribution in [2.24, 2.45) is 0 Å². The fourth-order valence-corrected chi connectivity index (χ4v) is 2.62. The van der Waals surface area contributed by atoms with E-state index in [0.29, 0.717) is 29.7 Å². The molecule has 3 aromatic rings. The average molecular weight is 359 g/mol. The number of alkyl halides is 3. The molecular formula is C20H16F3NO2. The van der Waals surface area contributed by atoms with Crippen molar-refractivity contribution in [2.45, 2.75) is 12.6 Å². The molecule has 1 N–H and O–H groups in total. The van der Waals surface area contributed by atoms with Crippen molar-refractivity contribution in [3.8, 4) is 11.1 Å². The minimum atomic E-state index is -4.39. The van der Waals surface area contributed by atoms with Gasteiger partial charge in [0, 0.05) is 18.5 Å². The van der Waals surface area contributed by atoms with Gasteiger partial charge >= 0.3 is 6.18 Å². The van der Waals surface area contributed by atoms with E-state index in [9.17, 15) is 18.0 Å². The Kier molecular flexibility index (Phi) is 5.11. The summed E-state index contributed by atoms with van der Waals surface area (Å²) in [5, 5.41) is 2.80. The van der Waals surface area contributed by atoms with E-state index < -0.39 is 11.7 Å². The van der Waals surface area contributed by atoms with E-state index in [1.807, 2.05) is 6.07 Å². The fraction of sp³-hybridized carbons (Fsp3) is 0.150. The van der Waals surface area contributed by atoms with Gasteiger partial charge in [0.2, 0.25) is 0 Å². The first kappa shape index (κ1) is 17.8. The summed E-state index contributed by atoms with van der Waals surface area (Å²) in [6.45, 7) is 0.397. The van der Waals surface area contributed by atoms with Crippen LogP contribution in [-0.2, 0) is 12.6 Å². The highest BCUT2D eigenvalue weighted by Gasteiger charge is 2.30. The SMILES string of the molecule is O=C(NCCc1ccco1)c1ccccc1-c1ccc(C(F)(F)F)cc1. The highest BCUT2D eigenvalue weighted by molar-refractivity contribution is 6.00. The largest absolute Gasteiger partial charge is 0.469 e. The summed E-state index contributed by atoms with van der Waals surface area (Å²) >= 11 is 0. The van der Waals surface area contributed by atoms with Gasteiger partial charge in [0.1, 0.15) is 5.76 Å². The van der Waals surface area contributed by atoms with Crippen LogP contribution in [0.3, 0.4) is 0 Å². The number of halogens is 3. The Labute approximate surface area is 148 Å². The second-order valence-electron chi connectivity index (χ2n) is 5.71. The molecule has 0 bridgehead atoms. The van der Waals surface area contributed by atoms with Crippen molar-refractivity contribution in [3.05, 3.63) is 83.8 Å². The summed E-state index contributed by atoms with van der Waals surface area (Å²) in [5.41, 5.74) is 0.819. The summed E-state index contributed by atoms with van der Waals surface area (Å²) in [6, 6.07) is 15.2. The molecule has 0 atom stereocenters. The van der Waals surface area contributed by atoms with Gasteiger partial charge in [0.05, 0.1) is 11.8 Å². The summed E-state index contributed by atoms with van der Waals surface area (Å²) in [4.78, 5) is 12.5. The molecule has 2 aromatic carbocycles. The predicted molar refractivity (Wildman–Crippen MR) is 91.6 cm³/mol. The number of amides is 1. The number of carbonyl (C=O) groups excluding carboxylic acids is 1. The zero-order valence-corrected chi connectivity index (χ0v) is 13.7. The van der Waals surface area contributed by atoms with Gasteiger partial charge in [0.15, 0.2) is 0 Å². The molecule has 0 aliphatic rings. The third kappa shape index (κ3) is 4.14. The quantitative estimate of drug-likeness (QED) is 0.701. The molecule has 0 fully saturated rings. The Morgan fingerprint density at radius 2 is 1.69 bits per heavy atom. The maximum Gasteiger partial charge on any atom is 0.416 e. The Morgan fingerprint density at radius 3 is 2.35 bits per heavy atom. The number of hydrogen-bond acceptors (Lipinski definition) is 2. The zero-order chi connectivity index (χ0) is 18.6. The minimum Gasteiger partial charge on any atom is -0.469 e. The fourth-order valence-electron chi connectivity index (χ4n) is 2.62. The van der Waals surface area contributed by atoms with E-state index in [4.69, 9.17) is 4.42 Å². The van der Waals surface area contributed by atoms with Gasteiger partial charge in [-0.25, -0.2) is 0 Å². The molecule has 0 aliphatic carbocycles. The lowest BCUT2D eigenvalue weighted by Crippen LogP contribution is -2.26. The highest BCUT2D eigenvalue weighted by atomic mass is 19.4. The van der Waals surface area contributed by atoms with Crippen molar-refractivity contribution < 1.29 is 22.4 Å². The normalized spacial score (nSPS) is 11.3. The molecule has 26 heavy (non-hydrogen) atoms.